The van der Waals surface area contributed by atoms with Gasteiger partial charge < -0.3 is 4.74 Å². The lowest BCUT2D eigenvalue weighted by Gasteiger charge is -2.07. The maximum absolute atomic E-state index is 13.7. The number of thiophene rings is 1. The number of ether oxygens (including phenoxy) is 1. The van der Waals surface area contributed by atoms with E-state index in [1.807, 2.05) is 6.92 Å². The van der Waals surface area contributed by atoms with E-state index in [1.165, 1.54) is 12.1 Å². The van der Waals surface area contributed by atoms with Crippen LogP contribution in [0.2, 0.25) is 0 Å². The van der Waals surface area contributed by atoms with Gasteiger partial charge in [-0.05, 0) is 49.4 Å². The van der Waals surface area contributed by atoms with E-state index >= 15 is 0 Å². The fourth-order valence-electron chi connectivity index (χ4n) is 2.25. The van der Waals surface area contributed by atoms with Gasteiger partial charge in [-0.1, -0.05) is 6.07 Å². The number of fused-ring (bicyclic) bond motifs is 1. The first-order valence-electron chi connectivity index (χ1n) is 7.60. The van der Waals surface area contributed by atoms with E-state index in [0.717, 1.165) is 11.3 Å². The van der Waals surface area contributed by atoms with E-state index < -0.39 is 11.8 Å². The molecule has 0 atom stereocenters. The zero-order chi connectivity index (χ0) is 17.8. The molecule has 0 radical (unpaired) electrons. The number of hydrogen-bond acceptors (Lipinski definition) is 4. The number of nitrogens with one attached hydrogen (secondary N) is 2. The fraction of sp³-hybridized carbons (Fsp3) is 0.111. The summed E-state index contributed by atoms with van der Waals surface area (Å²) in [5.41, 5.74) is 5.06. The molecule has 25 heavy (non-hydrogen) atoms. The molecule has 0 saturated heterocycles. The molecule has 5 nitrogen and oxygen atoms in total. The van der Waals surface area contributed by atoms with Crippen LogP contribution in [0.15, 0.2) is 48.5 Å². The summed E-state index contributed by atoms with van der Waals surface area (Å²) in [6.07, 6.45) is 0. The summed E-state index contributed by atoms with van der Waals surface area (Å²) in [6.45, 7) is 2.41. The Morgan fingerprint density at radius 1 is 1.08 bits per heavy atom. The van der Waals surface area contributed by atoms with Gasteiger partial charge in [-0.25, -0.2) is 4.39 Å². The van der Waals surface area contributed by atoms with E-state index in [0.29, 0.717) is 32.9 Å². The van der Waals surface area contributed by atoms with Crippen LogP contribution in [0.3, 0.4) is 0 Å². The Kier molecular flexibility index (Phi) is 4.95. The molecule has 0 aliphatic carbocycles. The van der Waals surface area contributed by atoms with Crippen LogP contribution in [0.4, 0.5) is 4.39 Å². The van der Waals surface area contributed by atoms with Crippen LogP contribution in [0, 0.1) is 5.82 Å². The average Bonchev–Trinajstić information content (AvgIpc) is 3.06. The van der Waals surface area contributed by atoms with Gasteiger partial charge in [-0.2, -0.15) is 0 Å². The first kappa shape index (κ1) is 16.9. The highest BCUT2D eigenvalue weighted by atomic mass is 32.1. The van der Waals surface area contributed by atoms with Crippen molar-refractivity contribution in [3.05, 3.63) is 64.8 Å². The van der Waals surface area contributed by atoms with Crippen LogP contribution < -0.4 is 15.6 Å². The Labute approximate surface area is 147 Å². The van der Waals surface area contributed by atoms with E-state index in [-0.39, 0.29) is 5.82 Å². The lowest BCUT2D eigenvalue weighted by Crippen LogP contribution is -2.41. The molecule has 0 unspecified atom stereocenters. The average molecular weight is 358 g/mol. The van der Waals surface area contributed by atoms with E-state index in [4.69, 9.17) is 4.74 Å². The number of carbonyl (C=O) groups is 2. The minimum atomic E-state index is -0.500. The highest BCUT2D eigenvalue weighted by Crippen LogP contribution is 2.27. The van der Waals surface area contributed by atoms with Crippen LogP contribution in [0.5, 0.6) is 5.75 Å². The topological polar surface area (TPSA) is 67.4 Å². The molecule has 0 spiro atoms. The maximum atomic E-state index is 13.7. The number of halogens is 1. The van der Waals surface area contributed by atoms with E-state index in [9.17, 15) is 14.0 Å². The molecule has 1 aromatic heterocycles. The molecule has 2 aromatic carbocycles. The number of benzene rings is 2. The van der Waals surface area contributed by atoms with Gasteiger partial charge in [0.15, 0.2) is 0 Å². The third kappa shape index (κ3) is 3.77. The lowest BCUT2D eigenvalue weighted by molar-refractivity contribution is 0.0849. The maximum Gasteiger partial charge on any atom is 0.279 e. The summed E-state index contributed by atoms with van der Waals surface area (Å²) in [5.74, 6) is -0.676. The Morgan fingerprint density at radius 2 is 1.80 bits per heavy atom. The second-order valence-corrected chi connectivity index (χ2v) is 6.21. The molecule has 1 heterocycles. The summed E-state index contributed by atoms with van der Waals surface area (Å²) >= 11 is 1.15. The first-order valence-corrected chi connectivity index (χ1v) is 8.41. The molecule has 7 heteroatoms. The molecule has 0 aliphatic heterocycles. The van der Waals surface area contributed by atoms with Gasteiger partial charge in [-0.3, -0.25) is 20.4 Å². The van der Waals surface area contributed by atoms with Crippen molar-refractivity contribution < 1.29 is 18.7 Å². The minimum absolute atomic E-state index is 0.312. The van der Waals surface area contributed by atoms with Gasteiger partial charge in [0.05, 0.1) is 11.5 Å². The van der Waals surface area contributed by atoms with Crippen LogP contribution in [0.25, 0.3) is 10.1 Å². The van der Waals surface area contributed by atoms with Gasteiger partial charge in [0.1, 0.15) is 11.6 Å². The van der Waals surface area contributed by atoms with Gasteiger partial charge >= 0.3 is 0 Å². The summed E-state index contributed by atoms with van der Waals surface area (Å²) < 4.78 is 19.7. The molecular weight excluding hydrogens is 343 g/mol. The van der Waals surface area contributed by atoms with Crippen LogP contribution in [-0.4, -0.2) is 18.4 Å². The molecular formula is C18H15FN2O3S. The van der Waals surface area contributed by atoms with Gasteiger partial charge in [0, 0.05) is 15.6 Å². The highest BCUT2D eigenvalue weighted by Gasteiger charge is 2.13. The standard InChI is InChI=1S/C18H15FN2O3S/c1-2-24-12-8-6-11(7-9-12)17(22)20-21-18(23)16-10-13-14(19)4-3-5-15(13)25-16/h3-10H,2H2,1H3,(H,20,22)(H,21,23). The fourth-order valence-corrected chi connectivity index (χ4v) is 3.22. The predicted octanol–water partition coefficient (Wildman–Crippen LogP) is 3.51. The predicted molar refractivity (Wildman–Crippen MR) is 94.3 cm³/mol. The van der Waals surface area contributed by atoms with Crippen molar-refractivity contribution in [2.24, 2.45) is 0 Å². The Balaban J connectivity index is 1.64. The zero-order valence-corrected chi connectivity index (χ0v) is 14.2. The van der Waals surface area contributed by atoms with Crippen LogP contribution in [-0.2, 0) is 0 Å². The largest absolute Gasteiger partial charge is 0.494 e. The molecule has 0 aliphatic rings. The van der Waals surface area contributed by atoms with E-state index in [2.05, 4.69) is 10.9 Å². The smallest absolute Gasteiger partial charge is 0.279 e. The quantitative estimate of drug-likeness (QED) is 0.702. The molecule has 0 saturated carbocycles. The minimum Gasteiger partial charge on any atom is -0.494 e. The van der Waals surface area contributed by atoms with Gasteiger partial charge in [-0.15, -0.1) is 11.3 Å². The molecule has 2 N–H and O–H groups in total. The van der Waals surface area contributed by atoms with Crippen molar-refractivity contribution in [3.63, 3.8) is 0 Å². The third-order valence-electron chi connectivity index (χ3n) is 3.45. The van der Waals surface area contributed by atoms with E-state index in [1.54, 1.807) is 36.4 Å². The number of amides is 2. The number of hydrogen-bond donors (Lipinski definition) is 2. The lowest BCUT2D eigenvalue weighted by atomic mass is 10.2. The molecule has 0 fully saturated rings. The van der Waals surface area contributed by atoms with Crippen LogP contribution in [0.1, 0.15) is 27.0 Å². The van der Waals surface area contributed by atoms with Crippen molar-refractivity contribution in [2.45, 2.75) is 6.92 Å². The van der Waals surface area contributed by atoms with Gasteiger partial charge in [0.25, 0.3) is 11.8 Å². The second-order valence-electron chi connectivity index (χ2n) is 5.13. The Hall–Kier alpha value is -2.93. The summed E-state index contributed by atoms with van der Waals surface area (Å²) in [5, 5.41) is 0.385. The van der Waals surface area contributed by atoms with Crippen LogP contribution >= 0.6 is 11.3 Å². The zero-order valence-electron chi connectivity index (χ0n) is 13.3. The first-order chi connectivity index (χ1) is 12.1. The summed E-state index contributed by atoms with van der Waals surface area (Å²) in [7, 11) is 0. The Bertz CT molecular complexity index is 922. The number of rotatable bonds is 4. The number of hydrazine groups is 1. The van der Waals surface area contributed by atoms with Crippen molar-refractivity contribution >= 4 is 33.2 Å². The number of carbonyl (C=O) groups excluding carboxylic acids is 2. The second kappa shape index (κ2) is 7.31. The van der Waals surface area contributed by atoms with Gasteiger partial charge in [0.2, 0.25) is 0 Å². The summed E-state index contributed by atoms with van der Waals surface area (Å²) in [4.78, 5) is 24.5. The molecule has 3 aromatic rings. The molecule has 128 valence electrons. The highest BCUT2D eigenvalue weighted by molar-refractivity contribution is 7.20. The normalized spacial score (nSPS) is 10.5. The Morgan fingerprint density at radius 3 is 2.48 bits per heavy atom. The van der Waals surface area contributed by atoms with Crippen molar-refractivity contribution in [3.8, 4) is 5.75 Å². The SMILES string of the molecule is CCOc1ccc(C(=O)NNC(=O)c2cc3c(F)cccc3s2)cc1. The molecule has 2 amide bonds. The molecule has 3 rings (SSSR count). The van der Waals surface area contributed by atoms with Crippen molar-refractivity contribution in [1.82, 2.24) is 10.9 Å². The monoisotopic (exact) mass is 358 g/mol. The third-order valence-corrected chi connectivity index (χ3v) is 4.55. The van der Waals surface area contributed by atoms with Crippen molar-refractivity contribution in [1.29, 1.82) is 0 Å². The molecule has 0 bridgehead atoms. The summed E-state index contributed by atoms with van der Waals surface area (Å²) in [6, 6.07) is 12.7. The van der Waals surface area contributed by atoms with Crippen molar-refractivity contribution in [2.75, 3.05) is 6.61 Å².